The SMILES string of the molecule is O=S(=O)(NC1=NCCN1C(=S)SN1CCn2c1nsc2=S)c1cccc2ccccc12. The third-order valence-electron chi connectivity index (χ3n) is 4.93. The van der Waals surface area contributed by atoms with Crippen LogP contribution in [0.3, 0.4) is 0 Å². The van der Waals surface area contributed by atoms with E-state index in [1.807, 2.05) is 33.1 Å². The Kier molecular flexibility index (Phi) is 5.46. The predicted octanol–water partition coefficient (Wildman–Crippen LogP) is 3.23. The number of sulfonamides is 1. The highest BCUT2D eigenvalue weighted by Gasteiger charge is 2.30. The number of benzene rings is 2. The van der Waals surface area contributed by atoms with Crippen molar-refractivity contribution in [2.24, 2.45) is 4.99 Å². The number of anilines is 1. The minimum atomic E-state index is -3.84. The number of guanidine groups is 1. The molecular formula is C18H16N6O2S5. The van der Waals surface area contributed by atoms with Crippen molar-refractivity contribution in [2.45, 2.75) is 11.4 Å². The molecule has 2 aliphatic rings. The lowest BCUT2D eigenvalue weighted by molar-refractivity contribution is 0.589. The zero-order valence-electron chi connectivity index (χ0n) is 16.0. The Labute approximate surface area is 197 Å². The molecule has 3 aromatic rings. The van der Waals surface area contributed by atoms with Crippen LogP contribution < -0.4 is 9.03 Å². The fraction of sp³-hybridized carbons (Fsp3) is 0.222. The Balaban J connectivity index is 1.36. The summed E-state index contributed by atoms with van der Waals surface area (Å²) in [5.74, 6) is 1.01. The van der Waals surface area contributed by atoms with E-state index >= 15 is 0 Å². The van der Waals surface area contributed by atoms with Gasteiger partial charge in [-0.1, -0.05) is 48.6 Å². The van der Waals surface area contributed by atoms with Crippen LogP contribution in [0.15, 0.2) is 52.4 Å². The fourth-order valence-corrected chi connectivity index (χ4v) is 7.00. The summed E-state index contributed by atoms with van der Waals surface area (Å²) in [6, 6.07) is 12.6. The molecule has 0 aliphatic carbocycles. The summed E-state index contributed by atoms with van der Waals surface area (Å²) in [5, 5.41) is 1.51. The molecule has 2 aromatic carbocycles. The fourth-order valence-electron chi connectivity index (χ4n) is 3.47. The van der Waals surface area contributed by atoms with E-state index in [2.05, 4.69) is 14.1 Å². The first-order chi connectivity index (χ1) is 14.9. The Morgan fingerprint density at radius 2 is 1.94 bits per heavy atom. The zero-order valence-corrected chi connectivity index (χ0v) is 20.0. The second-order valence-corrected chi connectivity index (χ2v) is 11.5. The molecule has 0 bridgehead atoms. The third kappa shape index (κ3) is 3.84. The number of thiocarbonyl (C=S) groups is 1. The second kappa shape index (κ2) is 8.13. The summed E-state index contributed by atoms with van der Waals surface area (Å²) < 4.78 is 38.6. The molecule has 0 radical (unpaired) electrons. The normalized spacial score (nSPS) is 15.9. The van der Waals surface area contributed by atoms with Crippen molar-refractivity contribution in [3.05, 3.63) is 46.4 Å². The maximum Gasteiger partial charge on any atom is 0.264 e. The average Bonchev–Trinajstić information content (AvgIpc) is 3.46. The van der Waals surface area contributed by atoms with Crippen molar-refractivity contribution >= 4 is 84.9 Å². The standard InChI is InChI=1S/C18H16N6O2S5/c25-31(26,14-7-3-5-12-4-1-2-6-13(12)14)21-15-19-8-9-22(15)18(28)30-24-11-10-23-16(24)20-29-17(23)27/h1-7H,8-11H2,(H,19,21). The van der Waals surface area contributed by atoms with Gasteiger partial charge in [-0.3, -0.25) is 18.8 Å². The summed E-state index contributed by atoms with van der Waals surface area (Å²) in [6.45, 7) is 2.46. The van der Waals surface area contributed by atoms with E-state index in [0.29, 0.717) is 22.8 Å². The molecule has 8 nitrogen and oxygen atoms in total. The molecule has 0 saturated heterocycles. The molecule has 160 valence electrons. The van der Waals surface area contributed by atoms with E-state index < -0.39 is 10.0 Å². The van der Waals surface area contributed by atoms with E-state index in [4.69, 9.17) is 24.4 Å². The predicted molar refractivity (Wildman–Crippen MR) is 132 cm³/mol. The van der Waals surface area contributed by atoms with Crippen molar-refractivity contribution in [1.82, 2.24) is 18.6 Å². The molecule has 5 rings (SSSR count). The van der Waals surface area contributed by atoms with Crippen LogP contribution in [0.1, 0.15) is 0 Å². The van der Waals surface area contributed by atoms with Gasteiger partial charge in [0, 0.05) is 30.4 Å². The minimum Gasteiger partial charge on any atom is -0.294 e. The molecule has 0 amide bonds. The molecule has 1 N–H and O–H groups in total. The first kappa shape index (κ1) is 20.8. The lowest BCUT2D eigenvalue weighted by Crippen LogP contribution is -2.44. The van der Waals surface area contributed by atoms with Crippen LogP contribution in [0.4, 0.5) is 5.95 Å². The van der Waals surface area contributed by atoms with E-state index in [-0.39, 0.29) is 10.9 Å². The van der Waals surface area contributed by atoms with Gasteiger partial charge in [0.25, 0.3) is 10.0 Å². The average molecular weight is 509 g/mol. The van der Waals surface area contributed by atoms with Gasteiger partial charge in [-0.25, -0.2) is 13.1 Å². The van der Waals surface area contributed by atoms with Gasteiger partial charge in [-0.15, -0.1) is 0 Å². The Morgan fingerprint density at radius 3 is 2.81 bits per heavy atom. The molecule has 2 aliphatic heterocycles. The summed E-state index contributed by atoms with van der Waals surface area (Å²) >= 11 is 13.5. The van der Waals surface area contributed by atoms with Crippen LogP contribution >= 0.6 is 47.9 Å². The monoisotopic (exact) mass is 508 g/mol. The van der Waals surface area contributed by atoms with Crippen LogP contribution in [0, 0.1) is 3.95 Å². The first-order valence-corrected chi connectivity index (χ1v) is 13.2. The third-order valence-corrected chi connectivity index (χ3v) is 8.78. The van der Waals surface area contributed by atoms with Gasteiger partial charge in [0.05, 0.1) is 18.0 Å². The molecule has 31 heavy (non-hydrogen) atoms. The van der Waals surface area contributed by atoms with E-state index in [1.54, 1.807) is 23.1 Å². The van der Waals surface area contributed by atoms with E-state index in [1.165, 1.54) is 23.5 Å². The first-order valence-electron chi connectivity index (χ1n) is 9.32. The molecule has 0 saturated carbocycles. The summed E-state index contributed by atoms with van der Waals surface area (Å²) in [6.07, 6.45) is 0. The van der Waals surface area contributed by atoms with Crippen molar-refractivity contribution in [1.29, 1.82) is 0 Å². The van der Waals surface area contributed by atoms with Gasteiger partial charge < -0.3 is 0 Å². The smallest absolute Gasteiger partial charge is 0.264 e. The molecule has 13 heteroatoms. The lowest BCUT2D eigenvalue weighted by atomic mass is 10.1. The van der Waals surface area contributed by atoms with Crippen LogP contribution in [-0.2, 0) is 16.6 Å². The Bertz CT molecular complexity index is 1370. The van der Waals surface area contributed by atoms with Crippen LogP contribution in [-0.4, -0.2) is 52.2 Å². The number of nitrogens with one attached hydrogen (secondary N) is 1. The molecule has 3 heterocycles. The molecule has 0 unspecified atom stereocenters. The molecular weight excluding hydrogens is 493 g/mol. The van der Waals surface area contributed by atoms with Crippen LogP contribution in [0.5, 0.6) is 0 Å². The van der Waals surface area contributed by atoms with Crippen molar-refractivity contribution < 1.29 is 8.42 Å². The van der Waals surface area contributed by atoms with Crippen molar-refractivity contribution in [3.63, 3.8) is 0 Å². The molecule has 0 spiro atoms. The van der Waals surface area contributed by atoms with E-state index in [9.17, 15) is 8.42 Å². The Morgan fingerprint density at radius 1 is 1.13 bits per heavy atom. The quantitative estimate of drug-likeness (QED) is 0.427. The molecule has 1 aromatic heterocycles. The highest BCUT2D eigenvalue weighted by atomic mass is 32.2. The van der Waals surface area contributed by atoms with Gasteiger partial charge in [0.1, 0.15) is 0 Å². The maximum absolute atomic E-state index is 13.2. The lowest BCUT2D eigenvalue weighted by Gasteiger charge is -2.24. The van der Waals surface area contributed by atoms with E-state index in [0.717, 1.165) is 28.4 Å². The van der Waals surface area contributed by atoms with Crippen LogP contribution in [0.25, 0.3) is 10.8 Å². The van der Waals surface area contributed by atoms with Gasteiger partial charge in [0.2, 0.25) is 11.9 Å². The number of aromatic nitrogens is 2. The summed E-state index contributed by atoms with van der Waals surface area (Å²) in [4.78, 5) is 6.27. The summed E-state index contributed by atoms with van der Waals surface area (Å²) in [5.41, 5.74) is 0. The van der Waals surface area contributed by atoms with Crippen molar-refractivity contribution in [3.8, 4) is 0 Å². The number of rotatable bonds is 3. The maximum atomic E-state index is 13.2. The largest absolute Gasteiger partial charge is 0.294 e. The van der Waals surface area contributed by atoms with Gasteiger partial charge in [-0.2, -0.15) is 4.37 Å². The number of hydrogen-bond donors (Lipinski definition) is 1. The number of hydrogen-bond acceptors (Lipinski definition) is 9. The topological polar surface area (TPSA) is 82.8 Å². The van der Waals surface area contributed by atoms with Gasteiger partial charge >= 0.3 is 0 Å². The van der Waals surface area contributed by atoms with Crippen molar-refractivity contribution in [2.75, 3.05) is 23.9 Å². The Hall–Kier alpha value is -2.06. The van der Waals surface area contributed by atoms with Gasteiger partial charge in [0.15, 0.2) is 8.27 Å². The molecule has 0 fully saturated rings. The number of fused-ring (bicyclic) bond motifs is 2. The van der Waals surface area contributed by atoms with Gasteiger partial charge in [-0.05, 0) is 35.2 Å². The van der Waals surface area contributed by atoms with Crippen LogP contribution in [0.2, 0.25) is 0 Å². The highest BCUT2D eigenvalue weighted by molar-refractivity contribution is 8.23. The summed E-state index contributed by atoms with van der Waals surface area (Å²) in [7, 11) is -3.84. The highest BCUT2D eigenvalue weighted by Crippen LogP contribution is 2.30. The molecule has 0 atom stereocenters. The number of aliphatic imine (C=N–C) groups is 1. The second-order valence-electron chi connectivity index (χ2n) is 6.80. The minimum absolute atomic E-state index is 0.208. The zero-order chi connectivity index (χ0) is 21.6. The number of nitrogens with zero attached hydrogens (tertiary/aromatic N) is 5.